The van der Waals surface area contributed by atoms with E-state index in [4.69, 9.17) is 0 Å². The van der Waals surface area contributed by atoms with Crippen LogP contribution in [0.4, 0.5) is 0 Å². The fourth-order valence-corrected chi connectivity index (χ4v) is 2.72. The minimum atomic E-state index is -0.253. The molecule has 1 fully saturated rings. The molecule has 0 bridgehead atoms. The number of amides is 1. The molecule has 1 aromatic carbocycles. The molecule has 1 aliphatic carbocycles. The van der Waals surface area contributed by atoms with Gasteiger partial charge in [0.1, 0.15) is 0 Å². The van der Waals surface area contributed by atoms with E-state index in [1.807, 2.05) is 0 Å². The highest BCUT2D eigenvalue weighted by atomic mass is 16.3. The molecular weight excluding hydrogens is 242 g/mol. The van der Waals surface area contributed by atoms with Gasteiger partial charge in [-0.25, -0.2) is 0 Å². The van der Waals surface area contributed by atoms with Gasteiger partial charge in [0, 0.05) is 19.2 Å². The van der Waals surface area contributed by atoms with E-state index in [0.717, 1.165) is 6.54 Å². The molecular formula is C15H21NO3. The molecule has 0 heterocycles. The van der Waals surface area contributed by atoms with E-state index >= 15 is 0 Å². The van der Waals surface area contributed by atoms with Crippen LogP contribution in [0.3, 0.4) is 0 Å². The molecule has 1 saturated carbocycles. The molecule has 104 valence electrons. The highest BCUT2D eigenvalue weighted by Gasteiger charge is 2.19. The van der Waals surface area contributed by atoms with Crippen molar-refractivity contribution >= 4 is 5.91 Å². The van der Waals surface area contributed by atoms with Crippen LogP contribution >= 0.6 is 0 Å². The van der Waals surface area contributed by atoms with Crippen LogP contribution in [0.1, 0.15) is 42.5 Å². The fourth-order valence-electron chi connectivity index (χ4n) is 2.72. The average molecular weight is 263 g/mol. The minimum absolute atomic E-state index is 0.110. The number of phenolic OH excluding ortho intramolecular Hbond substituents is 2. The van der Waals surface area contributed by atoms with E-state index in [1.54, 1.807) is 11.9 Å². The lowest BCUT2D eigenvalue weighted by Gasteiger charge is -2.27. The maximum Gasteiger partial charge on any atom is 0.253 e. The first-order valence-electron chi connectivity index (χ1n) is 6.85. The molecule has 0 atom stereocenters. The molecule has 4 nitrogen and oxygen atoms in total. The van der Waals surface area contributed by atoms with Crippen LogP contribution in [0.5, 0.6) is 11.5 Å². The average Bonchev–Trinajstić information content (AvgIpc) is 2.42. The standard InChI is InChI=1S/C15H21NO3/c1-16(10-11-5-3-2-4-6-11)15(19)12-7-8-13(17)14(18)9-12/h7-9,11,17-18H,2-6,10H2,1H3. The van der Waals surface area contributed by atoms with Gasteiger partial charge in [0.25, 0.3) is 5.91 Å². The minimum Gasteiger partial charge on any atom is -0.504 e. The van der Waals surface area contributed by atoms with Gasteiger partial charge in [0.15, 0.2) is 11.5 Å². The molecule has 0 aromatic heterocycles. The molecule has 1 aliphatic rings. The van der Waals surface area contributed by atoms with E-state index in [9.17, 15) is 15.0 Å². The van der Waals surface area contributed by atoms with Crippen LogP contribution in [-0.4, -0.2) is 34.6 Å². The second-order valence-corrected chi connectivity index (χ2v) is 5.39. The van der Waals surface area contributed by atoms with Gasteiger partial charge >= 0.3 is 0 Å². The molecule has 1 amide bonds. The second-order valence-electron chi connectivity index (χ2n) is 5.39. The smallest absolute Gasteiger partial charge is 0.253 e. The topological polar surface area (TPSA) is 60.8 Å². The first kappa shape index (κ1) is 13.7. The van der Waals surface area contributed by atoms with Gasteiger partial charge in [0.2, 0.25) is 0 Å². The Labute approximate surface area is 113 Å². The first-order valence-corrected chi connectivity index (χ1v) is 6.85. The summed E-state index contributed by atoms with van der Waals surface area (Å²) in [7, 11) is 1.79. The van der Waals surface area contributed by atoms with Gasteiger partial charge in [-0.1, -0.05) is 19.3 Å². The van der Waals surface area contributed by atoms with Crippen molar-refractivity contribution < 1.29 is 15.0 Å². The van der Waals surface area contributed by atoms with Gasteiger partial charge < -0.3 is 15.1 Å². The van der Waals surface area contributed by atoms with Crippen molar-refractivity contribution in [1.82, 2.24) is 4.90 Å². The lowest BCUT2D eigenvalue weighted by atomic mass is 9.89. The highest BCUT2D eigenvalue weighted by Crippen LogP contribution is 2.27. The van der Waals surface area contributed by atoms with Gasteiger partial charge in [-0.15, -0.1) is 0 Å². The summed E-state index contributed by atoms with van der Waals surface area (Å²) in [5.74, 6) is 0.0256. The quantitative estimate of drug-likeness (QED) is 0.824. The van der Waals surface area contributed by atoms with Crippen molar-refractivity contribution in [3.63, 3.8) is 0 Å². The van der Waals surface area contributed by atoms with Crippen LogP contribution in [-0.2, 0) is 0 Å². The zero-order valence-electron chi connectivity index (χ0n) is 11.3. The molecule has 0 unspecified atom stereocenters. The largest absolute Gasteiger partial charge is 0.504 e. The van der Waals surface area contributed by atoms with Crippen molar-refractivity contribution in [2.75, 3.05) is 13.6 Å². The maximum atomic E-state index is 12.2. The summed E-state index contributed by atoms with van der Waals surface area (Å²) in [6.07, 6.45) is 6.20. The van der Waals surface area contributed by atoms with Crippen molar-refractivity contribution in [3.8, 4) is 11.5 Å². The zero-order chi connectivity index (χ0) is 13.8. The summed E-state index contributed by atoms with van der Waals surface area (Å²) in [6, 6.07) is 4.20. The molecule has 4 heteroatoms. The highest BCUT2D eigenvalue weighted by molar-refractivity contribution is 5.94. The number of nitrogens with zero attached hydrogens (tertiary/aromatic N) is 1. The third kappa shape index (κ3) is 3.40. The summed E-state index contributed by atoms with van der Waals surface area (Å²) in [5, 5.41) is 18.7. The predicted molar refractivity (Wildman–Crippen MR) is 73.3 cm³/mol. The number of phenols is 2. The number of benzene rings is 1. The molecule has 0 aliphatic heterocycles. The van der Waals surface area contributed by atoms with Crippen LogP contribution in [0.25, 0.3) is 0 Å². The van der Waals surface area contributed by atoms with E-state index in [0.29, 0.717) is 11.5 Å². The molecule has 19 heavy (non-hydrogen) atoms. The molecule has 2 rings (SSSR count). The molecule has 2 N–H and O–H groups in total. The number of hydrogen-bond acceptors (Lipinski definition) is 3. The van der Waals surface area contributed by atoms with Gasteiger partial charge in [-0.3, -0.25) is 4.79 Å². The van der Waals surface area contributed by atoms with Crippen LogP contribution < -0.4 is 0 Å². The second kappa shape index (κ2) is 5.95. The summed E-state index contributed by atoms with van der Waals surface area (Å²) in [5.41, 5.74) is 0.411. The normalized spacial score (nSPS) is 16.3. The van der Waals surface area contributed by atoms with Gasteiger partial charge in [-0.2, -0.15) is 0 Å². The Morgan fingerprint density at radius 1 is 1.21 bits per heavy atom. The lowest BCUT2D eigenvalue weighted by molar-refractivity contribution is 0.0760. The number of carbonyl (C=O) groups excluding carboxylic acids is 1. The summed E-state index contributed by atoms with van der Waals surface area (Å²) in [4.78, 5) is 13.9. The summed E-state index contributed by atoms with van der Waals surface area (Å²) >= 11 is 0. The molecule has 0 radical (unpaired) electrons. The first-order chi connectivity index (χ1) is 9.08. The SMILES string of the molecule is CN(CC1CCCCC1)C(=O)c1ccc(O)c(O)c1. The molecule has 0 spiro atoms. The van der Waals surface area contributed by atoms with E-state index in [1.165, 1.54) is 50.3 Å². The van der Waals surface area contributed by atoms with E-state index in [-0.39, 0.29) is 17.4 Å². The number of rotatable bonds is 3. The van der Waals surface area contributed by atoms with Crippen LogP contribution in [0, 0.1) is 5.92 Å². The van der Waals surface area contributed by atoms with Gasteiger partial charge in [-0.05, 0) is 37.0 Å². The van der Waals surface area contributed by atoms with E-state index < -0.39 is 0 Å². The lowest BCUT2D eigenvalue weighted by Crippen LogP contribution is -2.32. The number of carbonyl (C=O) groups is 1. The third-order valence-corrected chi connectivity index (χ3v) is 3.83. The Morgan fingerprint density at radius 2 is 1.89 bits per heavy atom. The van der Waals surface area contributed by atoms with Crippen molar-refractivity contribution in [2.45, 2.75) is 32.1 Å². The summed E-state index contributed by atoms with van der Waals surface area (Å²) in [6.45, 7) is 0.764. The van der Waals surface area contributed by atoms with Crippen molar-refractivity contribution in [3.05, 3.63) is 23.8 Å². The number of hydrogen-bond donors (Lipinski definition) is 2. The fraction of sp³-hybridized carbons (Fsp3) is 0.533. The van der Waals surface area contributed by atoms with Crippen molar-refractivity contribution in [2.24, 2.45) is 5.92 Å². The van der Waals surface area contributed by atoms with Gasteiger partial charge in [0.05, 0.1) is 0 Å². The molecule has 0 saturated heterocycles. The zero-order valence-corrected chi connectivity index (χ0v) is 11.3. The maximum absolute atomic E-state index is 12.2. The Kier molecular flexibility index (Phi) is 4.30. The Morgan fingerprint density at radius 3 is 2.53 bits per heavy atom. The van der Waals surface area contributed by atoms with Crippen LogP contribution in [0.2, 0.25) is 0 Å². The van der Waals surface area contributed by atoms with E-state index in [2.05, 4.69) is 0 Å². The Bertz CT molecular complexity index is 453. The Hall–Kier alpha value is -1.71. The summed E-state index contributed by atoms with van der Waals surface area (Å²) < 4.78 is 0. The number of aromatic hydroxyl groups is 2. The third-order valence-electron chi connectivity index (χ3n) is 3.83. The predicted octanol–water partition coefficient (Wildman–Crippen LogP) is 2.75. The Balaban J connectivity index is 1.99. The van der Waals surface area contributed by atoms with Crippen LogP contribution in [0.15, 0.2) is 18.2 Å². The molecule has 1 aromatic rings. The monoisotopic (exact) mass is 263 g/mol. The van der Waals surface area contributed by atoms with Crippen molar-refractivity contribution in [1.29, 1.82) is 0 Å².